The Balaban J connectivity index is 2.83. The fraction of sp³-hybridized carbons (Fsp3) is 0.125. The third kappa shape index (κ3) is 0.845. The second kappa shape index (κ2) is 2.48. The van der Waals surface area contributed by atoms with Crippen LogP contribution in [0, 0.1) is 5.82 Å². The molecule has 0 unspecified atom stereocenters. The highest BCUT2D eigenvalue weighted by atomic mass is 19.1. The number of benzene rings is 1. The minimum absolute atomic E-state index is 0.327. The molecular formula is C8H7FN2O. The normalized spacial score (nSPS) is 10.5. The predicted molar refractivity (Wildman–Crippen MR) is 42.2 cm³/mol. The van der Waals surface area contributed by atoms with E-state index in [4.69, 9.17) is 4.84 Å². The average Bonchev–Trinajstić information content (AvgIpc) is 2.49. The Labute approximate surface area is 68.3 Å². The first kappa shape index (κ1) is 7.09. The van der Waals surface area contributed by atoms with Gasteiger partial charge in [0.2, 0.25) is 0 Å². The van der Waals surface area contributed by atoms with Crippen molar-refractivity contribution in [2.24, 2.45) is 0 Å². The van der Waals surface area contributed by atoms with Gasteiger partial charge < -0.3 is 4.84 Å². The topological polar surface area (TPSA) is 27.1 Å². The molecule has 0 fully saturated rings. The summed E-state index contributed by atoms with van der Waals surface area (Å²) in [5.41, 5.74) is 0.969. The lowest BCUT2D eigenvalue weighted by atomic mass is 10.3. The first-order valence-electron chi connectivity index (χ1n) is 3.49. The molecule has 0 radical (unpaired) electrons. The number of hydrogen-bond donors (Lipinski definition) is 0. The van der Waals surface area contributed by atoms with Gasteiger partial charge in [-0.3, -0.25) is 0 Å². The quantitative estimate of drug-likeness (QED) is 0.637. The Morgan fingerprint density at radius 1 is 1.50 bits per heavy atom. The number of halogens is 1. The van der Waals surface area contributed by atoms with E-state index >= 15 is 0 Å². The van der Waals surface area contributed by atoms with Crippen LogP contribution < -0.4 is 4.84 Å². The van der Waals surface area contributed by atoms with Crippen molar-refractivity contribution in [2.75, 3.05) is 7.11 Å². The molecule has 0 atom stereocenters. The first-order valence-corrected chi connectivity index (χ1v) is 3.49. The molecule has 0 N–H and O–H groups in total. The third-order valence-electron chi connectivity index (χ3n) is 1.68. The van der Waals surface area contributed by atoms with Crippen molar-refractivity contribution >= 4 is 11.0 Å². The Hall–Kier alpha value is -1.58. The summed E-state index contributed by atoms with van der Waals surface area (Å²) >= 11 is 0. The van der Waals surface area contributed by atoms with Crippen LogP contribution in [0.3, 0.4) is 0 Å². The maximum absolute atomic E-state index is 13.1. The van der Waals surface area contributed by atoms with E-state index in [9.17, 15) is 4.39 Å². The van der Waals surface area contributed by atoms with Gasteiger partial charge in [-0.2, -0.15) is 4.73 Å². The van der Waals surface area contributed by atoms with Gasteiger partial charge in [0.15, 0.2) is 5.82 Å². The van der Waals surface area contributed by atoms with Crippen LogP contribution in [0.5, 0.6) is 0 Å². The summed E-state index contributed by atoms with van der Waals surface area (Å²) in [5.74, 6) is -0.327. The molecule has 3 nitrogen and oxygen atoms in total. The third-order valence-corrected chi connectivity index (χ3v) is 1.68. The van der Waals surface area contributed by atoms with Crippen molar-refractivity contribution in [1.29, 1.82) is 0 Å². The molecule has 1 aromatic heterocycles. The number of para-hydroxylation sites is 1. The molecule has 1 aromatic carbocycles. The minimum Gasteiger partial charge on any atom is -0.415 e. The Kier molecular flexibility index (Phi) is 1.46. The Morgan fingerprint density at radius 3 is 3.08 bits per heavy atom. The van der Waals surface area contributed by atoms with Crippen LogP contribution in [-0.2, 0) is 0 Å². The lowest BCUT2D eigenvalue weighted by Gasteiger charge is -1.99. The standard InChI is InChI=1S/C8H7FN2O/c1-12-11-5-10-7-4-2-3-6(9)8(7)11/h2-5H,1H3. The number of aromatic nitrogens is 2. The summed E-state index contributed by atoms with van der Waals surface area (Å²) in [6.07, 6.45) is 1.44. The van der Waals surface area contributed by atoms with Gasteiger partial charge in [0.05, 0.1) is 5.52 Å². The lowest BCUT2D eigenvalue weighted by molar-refractivity contribution is 0.176. The maximum Gasteiger partial charge on any atom is 0.152 e. The molecule has 1 heterocycles. The van der Waals surface area contributed by atoms with Gasteiger partial charge in [-0.1, -0.05) is 6.07 Å². The molecule has 0 amide bonds. The molecule has 4 heteroatoms. The second-order valence-corrected chi connectivity index (χ2v) is 2.36. The van der Waals surface area contributed by atoms with Crippen LogP contribution in [0.25, 0.3) is 11.0 Å². The van der Waals surface area contributed by atoms with Gasteiger partial charge in [0.1, 0.15) is 19.0 Å². The Bertz CT molecular complexity index is 410. The van der Waals surface area contributed by atoms with Gasteiger partial charge in [-0.15, -0.1) is 0 Å². The highest BCUT2D eigenvalue weighted by molar-refractivity contribution is 5.75. The molecule has 2 aromatic rings. The van der Waals surface area contributed by atoms with Crippen molar-refractivity contribution in [3.8, 4) is 0 Å². The molecule has 0 aliphatic rings. The summed E-state index contributed by atoms with van der Waals surface area (Å²) in [4.78, 5) is 8.81. The van der Waals surface area contributed by atoms with Gasteiger partial charge in [-0.25, -0.2) is 9.37 Å². The molecule has 0 aliphatic carbocycles. The molecule has 2 rings (SSSR count). The number of rotatable bonds is 1. The number of hydrogen-bond acceptors (Lipinski definition) is 2. The summed E-state index contributed by atoms with van der Waals surface area (Å²) in [6, 6.07) is 4.72. The highest BCUT2D eigenvalue weighted by Crippen LogP contribution is 2.14. The average molecular weight is 166 g/mol. The maximum atomic E-state index is 13.1. The van der Waals surface area contributed by atoms with E-state index in [-0.39, 0.29) is 5.82 Å². The van der Waals surface area contributed by atoms with Crippen molar-refractivity contribution in [1.82, 2.24) is 9.71 Å². The zero-order chi connectivity index (χ0) is 8.55. The van der Waals surface area contributed by atoms with E-state index in [1.807, 2.05) is 0 Å². The van der Waals surface area contributed by atoms with Gasteiger partial charge in [0.25, 0.3) is 0 Å². The lowest BCUT2D eigenvalue weighted by Crippen LogP contribution is -2.04. The van der Waals surface area contributed by atoms with E-state index in [1.54, 1.807) is 12.1 Å². The highest BCUT2D eigenvalue weighted by Gasteiger charge is 2.06. The molecule has 0 bridgehead atoms. The van der Waals surface area contributed by atoms with E-state index < -0.39 is 0 Å². The summed E-state index contributed by atoms with van der Waals surface area (Å²) < 4.78 is 14.4. The molecule has 62 valence electrons. The molecule has 12 heavy (non-hydrogen) atoms. The monoisotopic (exact) mass is 166 g/mol. The van der Waals surface area contributed by atoms with Crippen molar-refractivity contribution in [3.05, 3.63) is 30.3 Å². The summed E-state index contributed by atoms with van der Waals surface area (Å²) in [7, 11) is 1.47. The van der Waals surface area contributed by atoms with E-state index in [0.717, 1.165) is 0 Å². The molecular weight excluding hydrogens is 159 g/mol. The van der Waals surface area contributed by atoms with Crippen LogP contribution in [0.2, 0.25) is 0 Å². The van der Waals surface area contributed by atoms with Crippen LogP contribution in [-0.4, -0.2) is 16.8 Å². The van der Waals surface area contributed by atoms with Crippen LogP contribution >= 0.6 is 0 Å². The van der Waals surface area contributed by atoms with Crippen LogP contribution in [0.15, 0.2) is 24.5 Å². The molecule has 0 saturated heterocycles. The minimum atomic E-state index is -0.327. The predicted octanol–water partition coefficient (Wildman–Crippen LogP) is 1.23. The van der Waals surface area contributed by atoms with Gasteiger partial charge in [0, 0.05) is 0 Å². The fourth-order valence-electron chi connectivity index (χ4n) is 1.14. The first-order chi connectivity index (χ1) is 5.83. The molecule has 0 aliphatic heterocycles. The summed E-state index contributed by atoms with van der Waals surface area (Å²) in [6.45, 7) is 0. The van der Waals surface area contributed by atoms with Gasteiger partial charge >= 0.3 is 0 Å². The largest absolute Gasteiger partial charge is 0.415 e. The molecule has 0 saturated carbocycles. The number of fused-ring (bicyclic) bond motifs is 1. The van der Waals surface area contributed by atoms with Crippen molar-refractivity contribution in [2.45, 2.75) is 0 Å². The summed E-state index contributed by atoms with van der Waals surface area (Å²) in [5, 5.41) is 0. The van der Waals surface area contributed by atoms with Crippen molar-refractivity contribution in [3.63, 3.8) is 0 Å². The zero-order valence-electron chi connectivity index (χ0n) is 6.49. The number of imidazole rings is 1. The second-order valence-electron chi connectivity index (χ2n) is 2.36. The van der Waals surface area contributed by atoms with Crippen molar-refractivity contribution < 1.29 is 9.23 Å². The molecule has 0 spiro atoms. The van der Waals surface area contributed by atoms with Gasteiger partial charge in [-0.05, 0) is 12.1 Å². The van der Waals surface area contributed by atoms with E-state index in [0.29, 0.717) is 11.0 Å². The number of nitrogens with zero attached hydrogens (tertiary/aromatic N) is 2. The fourth-order valence-corrected chi connectivity index (χ4v) is 1.14. The van der Waals surface area contributed by atoms with E-state index in [2.05, 4.69) is 4.98 Å². The zero-order valence-corrected chi connectivity index (χ0v) is 6.49. The van der Waals surface area contributed by atoms with E-state index in [1.165, 1.54) is 24.2 Å². The SMILES string of the molecule is COn1cnc2cccc(F)c21. The van der Waals surface area contributed by atoms with Crippen LogP contribution in [0.1, 0.15) is 0 Å². The van der Waals surface area contributed by atoms with Crippen LogP contribution in [0.4, 0.5) is 4.39 Å². The Morgan fingerprint density at radius 2 is 2.33 bits per heavy atom. The smallest absolute Gasteiger partial charge is 0.152 e.